The molecule has 220 valence electrons. The largest absolute Gasteiger partial charge is 0.492 e. The summed E-state index contributed by atoms with van der Waals surface area (Å²) in [5, 5.41) is 6.45. The number of carbonyl (C=O) groups is 1. The second kappa shape index (κ2) is 12.4. The van der Waals surface area contributed by atoms with Crippen molar-refractivity contribution in [1.82, 2.24) is 19.9 Å². The van der Waals surface area contributed by atoms with Gasteiger partial charge in [-0.05, 0) is 47.7 Å². The van der Waals surface area contributed by atoms with Crippen LogP contribution in [0.1, 0.15) is 42.3 Å². The Balaban J connectivity index is 1.45. The van der Waals surface area contributed by atoms with Crippen molar-refractivity contribution in [2.24, 2.45) is 0 Å². The highest BCUT2D eigenvalue weighted by atomic mass is 32.2. The second-order valence-electron chi connectivity index (χ2n) is 11.0. The number of nitrogens with one attached hydrogen (secondary N) is 3. The summed E-state index contributed by atoms with van der Waals surface area (Å²) in [6.45, 7) is 11.1. The van der Waals surface area contributed by atoms with E-state index in [1.165, 1.54) is 18.3 Å². The van der Waals surface area contributed by atoms with Crippen LogP contribution in [0, 0.1) is 6.92 Å². The first-order chi connectivity index (χ1) is 20.2. The Morgan fingerprint density at radius 2 is 1.81 bits per heavy atom. The lowest BCUT2D eigenvalue weighted by Gasteiger charge is -2.26. The van der Waals surface area contributed by atoms with E-state index >= 15 is 0 Å². The molecule has 2 aromatic heterocycles. The Kier molecular flexibility index (Phi) is 8.64. The first-order valence-corrected chi connectivity index (χ1v) is 14.9. The van der Waals surface area contributed by atoms with Gasteiger partial charge in [0.2, 0.25) is 5.95 Å². The van der Waals surface area contributed by atoms with Crippen LogP contribution in [0.15, 0.2) is 42.9 Å². The molecule has 0 aliphatic carbocycles. The smallest absolute Gasteiger partial charge is 0.255 e. The van der Waals surface area contributed by atoms with Gasteiger partial charge in [-0.25, -0.2) is 19.9 Å². The predicted molar refractivity (Wildman–Crippen MR) is 169 cm³/mol. The van der Waals surface area contributed by atoms with Crippen LogP contribution < -0.4 is 25.0 Å². The number of amides is 1. The molecule has 0 atom stereocenters. The van der Waals surface area contributed by atoms with Gasteiger partial charge in [0.1, 0.15) is 17.4 Å². The molecule has 1 aliphatic rings. The molecule has 3 N–H and O–H groups in total. The highest BCUT2D eigenvalue weighted by Crippen LogP contribution is 2.40. The van der Waals surface area contributed by atoms with E-state index in [0.29, 0.717) is 53.0 Å². The van der Waals surface area contributed by atoms with Gasteiger partial charge in [0.05, 0.1) is 37.9 Å². The average Bonchev–Trinajstić information content (AvgIpc) is 2.98. The summed E-state index contributed by atoms with van der Waals surface area (Å²) in [6.07, 6.45) is 5.12. The molecule has 2 aromatic carbocycles. The van der Waals surface area contributed by atoms with Crippen LogP contribution in [-0.2, 0) is 10.2 Å². The number of aromatic nitrogens is 4. The normalized spacial score (nSPS) is 13.6. The molecule has 1 amide bonds. The molecule has 0 unspecified atom stereocenters. The highest BCUT2D eigenvalue weighted by molar-refractivity contribution is 7.99. The van der Waals surface area contributed by atoms with E-state index in [1.807, 2.05) is 31.4 Å². The van der Waals surface area contributed by atoms with E-state index in [1.54, 1.807) is 19.4 Å². The van der Waals surface area contributed by atoms with Gasteiger partial charge in [-0.3, -0.25) is 4.79 Å². The van der Waals surface area contributed by atoms with E-state index < -0.39 is 0 Å². The van der Waals surface area contributed by atoms with E-state index in [4.69, 9.17) is 14.5 Å². The fraction of sp³-hybridized carbons (Fsp3) is 0.367. The molecule has 3 heterocycles. The Bertz CT molecular complexity index is 1600. The number of nitrogens with zero attached hydrogens (tertiary/aromatic N) is 5. The van der Waals surface area contributed by atoms with Crippen LogP contribution in [-0.4, -0.2) is 65.5 Å². The maximum atomic E-state index is 13.6. The molecule has 1 saturated heterocycles. The van der Waals surface area contributed by atoms with Crippen LogP contribution in [0.25, 0.3) is 11.0 Å². The molecule has 1 fully saturated rings. The van der Waals surface area contributed by atoms with Crippen molar-refractivity contribution >= 4 is 57.7 Å². The number of morpholine rings is 1. The lowest BCUT2D eigenvalue weighted by atomic mass is 9.86. The standard InChI is InChI=1S/C30H36N8O3S/c1-18-7-8-19(28(39)35-22-14-20(30(2,3)4)15-23(37-42-6)26(22)40-5)13-21(18)34-27-25-24(32-17-33-27)16-31-29(36-25)38-9-11-41-12-10-38/h7-8,13-17,37H,9-12H2,1-6H3,(H,35,39)(H,32,33,34). The van der Waals surface area contributed by atoms with Gasteiger partial charge < -0.3 is 29.7 Å². The zero-order valence-corrected chi connectivity index (χ0v) is 25.6. The van der Waals surface area contributed by atoms with E-state index in [-0.39, 0.29) is 11.3 Å². The van der Waals surface area contributed by atoms with Gasteiger partial charge in [-0.15, -0.1) is 0 Å². The summed E-state index contributed by atoms with van der Waals surface area (Å²) in [5.41, 5.74) is 5.70. The molecular weight excluding hydrogens is 552 g/mol. The van der Waals surface area contributed by atoms with Crippen molar-refractivity contribution in [3.63, 3.8) is 0 Å². The average molecular weight is 589 g/mol. The number of fused-ring (bicyclic) bond motifs is 1. The minimum atomic E-state index is -0.262. The minimum absolute atomic E-state index is 0.132. The van der Waals surface area contributed by atoms with Gasteiger partial charge in [-0.1, -0.05) is 38.8 Å². The summed E-state index contributed by atoms with van der Waals surface area (Å²) in [7, 11) is 1.60. The topological polar surface area (TPSA) is 126 Å². The fourth-order valence-electron chi connectivity index (χ4n) is 4.63. The predicted octanol–water partition coefficient (Wildman–Crippen LogP) is 5.56. The van der Waals surface area contributed by atoms with Crippen LogP contribution in [0.2, 0.25) is 0 Å². The molecule has 5 rings (SSSR count). The van der Waals surface area contributed by atoms with Gasteiger partial charge in [0.25, 0.3) is 5.91 Å². The SMILES string of the molecule is COc1c(NSC)cc(C(C)(C)C)cc1NC(=O)c1ccc(C)c(Nc2ncnc3cnc(N4CCOCC4)nc23)c1. The Hall–Kier alpha value is -4.16. The number of ether oxygens (including phenoxy) is 2. The number of aryl methyl sites for hydroxylation is 1. The Morgan fingerprint density at radius 1 is 1.05 bits per heavy atom. The maximum Gasteiger partial charge on any atom is 0.255 e. The molecule has 11 nitrogen and oxygen atoms in total. The van der Waals surface area contributed by atoms with Gasteiger partial charge >= 0.3 is 0 Å². The maximum absolute atomic E-state index is 13.6. The third kappa shape index (κ3) is 6.34. The van der Waals surface area contributed by atoms with E-state index in [2.05, 4.69) is 62.0 Å². The van der Waals surface area contributed by atoms with Gasteiger partial charge in [0.15, 0.2) is 11.6 Å². The molecular formula is C30H36N8O3S. The van der Waals surface area contributed by atoms with Crippen LogP contribution in [0.5, 0.6) is 5.75 Å². The molecule has 0 radical (unpaired) electrons. The summed E-state index contributed by atoms with van der Waals surface area (Å²) in [5.74, 6) is 1.45. The zero-order chi connectivity index (χ0) is 29.9. The molecule has 0 saturated carbocycles. The molecule has 0 spiro atoms. The Labute approximate surface area is 250 Å². The monoisotopic (exact) mass is 588 g/mol. The molecule has 12 heteroatoms. The van der Waals surface area contributed by atoms with Crippen LogP contribution in [0.3, 0.4) is 0 Å². The first kappa shape index (κ1) is 29.3. The van der Waals surface area contributed by atoms with Crippen molar-refractivity contribution in [2.75, 3.05) is 59.9 Å². The lowest BCUT2D eigenvalue weighted by Crippen LogP contribution is -2.37. The molecule has 4 aromatic rings. The van der Waals surface area contributed by atoms with Crippen LogP contribution >= 0.6 is 11.9 Å². The summed E-state index contributed by atoms with van der Waals surface area (Å²) in [4.78, 5) is 33.8. The number of methoxy groups -OCH3 is 1. The number of carbonyl (C=O) groups excluding carboxylic acids is 1. The third-order valence-corrected chi connectivity index (χ3v) is 7.45. The van der Waals surface area contributed by atoms with Gasteiger partial charge in [0, 0.05) is 30.6 Å². The van der Waals surface area contributed by atoms with Crippen LogP contribution in [0.4, 0.5) is 28.8 Å². The first-order valence-electron chi connectivity index (χ1n) is 13.7. The number of benzene rings is 2. The van der Waals surface area contributed by atoms with E-state index in [9.17, 15) is 4.79 Å². The quantitative estimate of drug-likeness (QED) is 0.224. The van der Waals surface area contributed by atoms with Gasteiger partial charge in [-0.2, -0.15) is 0 Å². The molecule has 0 bridgehead atoms. The highest BCUT2D eigenvalue weighted by Gasteiger charge is 2.22. The third-order valence-electron chi connectivity index (χ3n) is 7.03. The Morgan fingerprint density at radius 3 is 2.52 bits per heavy atom. The number of hydrogen-bond donors (Lipinski definition) is 3. The summed E-state index contributed by atoms with van der Waals surface area (Å²) >= 11 is 1.46. The summed E-state index contributed by atoms with van der Waals surface area (Å²) in [6, 6.07) is 9.53. The van der Waals surface area contributed by atoms with E-state index in [0.717, 1.165) is 35.6 Å². The second-order valence-corrected chi connectivity index (χ2v) is 11.6. The molecule has 1 aliphatic heterocycles. The van der Waals surface area contributed by atoms with Crippen molar-refractivity contribution in [2.45, 2.75) is 33.1 Å². The van der Waals surface area contributed by atoms with Crippen molar-refractivity contribution < 1.29 is 14.3 Å². The van der Waals surface area contributed by atoms with Crippen molar-refractivity contribution in [3.05, 3.63) is 59.5 Å². The zero-order valence-electron chi connectivity index (χ0n) is 24.7. The molecule has 42 heavy (non-hydrogen) atoms. The van der Waals surface area contributed by atoms with Crippen molar-refractivity contribution in [1.29, 1.82) is 0 Å². The number of rotatable bonds is 8. The van der Waals surface area contributed by atoms with Crippen molar-refractivity contribution in [3.8, 4) is 5.75 Å². The fourth-order valence-corrected chi connectivity index (χ4v) is 5.00. The minimum Gasteiger partial charge on any atom is -0.492 e. The lowest BCUT2D eigenvalue weighted by molar-refractivity contribution is 0.102. The summed E-state index contributed by atoms with van der Waals surface area (Å²) < 4.78 is 14.4. The number of hydrogen-bond acceptors (Lipinski definition) is 11. The number of anilines is 5.